The summed E-state index contributed by atoms with van der Waals surface area (Å²) >= 11 is 1.30. The molecule has 0 spiro atoms. The van der Waals surface area contributed by atoms with Crippen molar-refractivity contribution < 1.29 is 9.53 Å². The Balaban J connectivity index is 1.58. The molecule has 0 aliphatic carbocycles. The maximum atomic E-state index is 12.5. The Morgan fingerprint density at radius 2 is 1.96 bits per heavy atom. The van der Waals surface area contributed by atoms with E-state index in [4.69, 9.17) is 4.74 Å². The number of H-pyrrole nitrogens is 1. The van der Waals surface area contributed by atoms with Crippen LogP contribution in [0.15, 0.2) is 40.3 Å². The number of morpholine rings is 1. The Kier molecular flexibility index (Phi) is 6.16. The van der Waals surface area contributed by atoms with Crippen LogP contribution in [0.5, 0.6) is 0 Å². The molecule has 1 N–H and O–H groups in total. The van der Waals surface area contributed by atoms with E-state index in [9.17, 15) is 9.59 Å². The lowest BCUT2D eigenvalue weighted by Gasteiger charge is -2.35. The van der Waals surface area contributed by atoms with E-state index in [2.05, 4.69) is 10.2 Å². The number of aromatic amines is 1. The van der Waals surface area contributed by atoms with Gasteiger partial charge in [0.05, 0.1) is 18.0 Å². The maximum absolute atomic E-state index is 12.5. The fourth-order valence-electron chi connectivity index (χ4n) is 3.10. The summed E-state index contributed by atoms with van der Waals surface area (Å²) in [4.78, 5) is 26.3. The van der Waals surface area contributed by atoms with E-state index < -0.39 is 0 Å². The first-order valence-corrected chi connectivity index (χ1v) is 9.76. The van der Waals surface area contributed by atoms with Crippen molar-refractivity contribution in [1.29, 1.82) is 0 Å². The van der Waals surface area contributed by atoms with Crippen LogP contribution in [0.25, 0.3) is 0 Å². The van der Waals surface area contributed by atoms with Gasteiger partial charge in [0.1, 0.15) is 0 Å². The van der Waals surface area contributed by atoms with E-state index in [0.717, 1.165) is 12.0 Å². The maximum Gasteiger partial charge on any atom is 0.343 e. The van der Waals surface area contributed by atoms with Crippen LogP contribution in [0.2, 0.25) is 0 Å². The second kappa shape index (κ2) is 8.55. The zero-order chi connectivity index (χ0) is 18.5. The Hall–Kier alpha value is -2.06. The second-order valence-corrected chi connectivity index (χ2v) is 7.49. The van der Waals surface area contributed by atoms with E-state index >= 15 is 0 Å². The predicted molar refractivity (Wildman–Crippen MR) is 100 cm³/mol. The first-order chi connectivity index (χ1) is 12.5. The summed E-state index contributed by atoms with van der Waals surface area (Å²) in [6, 6.07) is 9.98. The summed E-state index contributed by atoms with van der Waals surface area (Å²) in [5, 5.41) is 7.10. The molecule has 1 aliphatic heterocycles. The third kappa shape index (κ3) is 4.76. The predicted octanol–water partition coefficient (Wildman–Crippen LogP) is 1.54. The van der Waals surface area contributed by atoms with Gasteiger partial charge >= 0.3 is 5.69 Å². The second-order valence-electron chi connectivity index (χ2n) is 6.54. The van der Waals surface area contributed by atoms with E-state index in [1.165, 1.54) is 11.8 Å². The van der Waals surface area contributed by atoms with Crippen molar-refractivity contribution in [3.05, 3.63) is 46.4 Å². The molecule has 1 aromatic carbocycles. The van der Waals surface area contributed by atoms with Gasteiger partial charge in [0.25, 0.3) is 0 Å². The quantitative estimate of drug-likeness (QED) is 0.774. The average molecular weight is 376 g/mol. The van der Waals surface area contributed by atoms with E-state index in [1.54, 1.807) is 4.57 Å². The summed E-state index contributed by atoms with van der Waals surface area (Å²) < 4.78 is 7.26. The van der Waals surface area contributed by atoms with Crippen LogP contribution in [0, 0.1) is 0 Å². The molecule has 2 unspecified atom stereocenters. The SMILES string of the molecule is CC1CN(C(=O)CSc2n[nH]c(=O)n2CCc2ccccc2)CC(C)O1. The smallest absolute Gasteiger partial charge is 0.343 e. The number of nitrogens with one attached hydrogen (secondary N) is 1. The Bertz CT molecular complexity index is 779. The molecule has 2 aromatic rings. The summed E-state index contributed by atoms with van der Waals surface area (Å²) in [7, 11) is 0. The number of aryl methyl sites for hydroxylation is 1. The standard InChI is InChI=1S/C18H24N4O3S/c1-13-10-21(11-14(2)25-13)16(23)12-26-18-20-19-17(24)22(18)9-8-15-6-4-3-5-7-15/h3-7,13-14H,8-12H2,1-2H3,(H,19,24). The van der Waals surface area contributed by atoms with Crippen LogP contribution in [0.3, 0.4) is 0 Å². The van der Waals surface area contributed by atoms with Crippen LogP contribution >= 0.6 is 11.8 Å². The molecule has 3 rings (SSSR count). The monoisotopic (exact) mass is 376 g/mol. The van der Waals surface area contributed by atoms with Crippen LogP contribution in [0.1, 0.15) is 19.4 Å². The first-order valence-electron chi connectivity index (χ1n) is 8.78. The molecule has 1 fully saturated rings. The normalized spacial score (nSPS) is 20.3. The van der Waals surface area contributed by atoms with Gasteiger partial charge in [-0.2, -0.15) is 0 Å². The lowest BCUT2D eigenvalue weighted by Crippen LogP contribution is -2.48. The molecule has 1 amide bonds. The van der Waals surface area contributed by atoms with Gasteiger partial charge in [0, 0.05) is 19.6 Å². The molecule has 26 heavy (non-hydrogen) atoms. The highest BCUT2D eigenvalue weighted by atomic mass is 32.2. The third-order valence-corrected chi connectivity index (χ3v) is 5.25. The van der Waals surface area contributed by atoms with Gasteiger partial charge < -0.3 is 9.64 Å². The summed E-state index contributed by atoms with van der Waals surface area (Å²) in [6.07, 6.45) is 0.824. The molecule has 0 radical (unpaired) electrons. The molecule has 1 aliphatic rings. The topological polar surface area (TPSA) is 80.2 Å². The Morgan fingerprint density at radius 1 is 1.27 bits per heavy atom. The summed E-state index contributed by atoms with van der Waals surface area (Å²) in [5.74, 6) is 0.303. The zero-order valence-corrected chi connectivity index (χ0v) is 15.9. The number of amides is 1. The number of rotatable bonds is 6. The van der Waals surface area contributed by atoms with Crippen molar-refractivity contribution in [2.45, 2.75) is 44.2 Å². The molecule has 1 aromatic heterocycles. The van der Waals surface area contributed by atoms with Crippen LogP contribution < -0.4 is 5.69 Å². The van der Waals surface area contributed by atoms with Crippen molar-refractivity contribution in [2.75, 3.05) is 18.8 Å². The van der Waals surface area contributed by atoms with Crippen LogP contribution in [0.4, 0.5) is 0 Å². The lowest BCUT2D eigenvalue weighted by atomic mass is 10.1. The first kappa shape index (κ1) is 18.7. The van der Waals surface area contributed by atoms with Crippen LogP contribution in [-0.2, 0) is 22.5 Å². The van der Waals surface area contributed by atoms with E-state index in [0.29, 0.717) is 24.8 Å². The number of carbonyl (C=O) groups is 1. The molecular formula is C18H24N4O3S. The zero-order valence-electron chi connectivity index (χ0n) is 15.1. The molecule has 1 saturated heterocycles. The fraction of sp³-hybridized carbons (Fsp3) is 0.500. The lowest BCUT2D eigenvalue weighted by molar-refractivity contribution is -0.140. The molecule has 7 nitrogen and oxygen atoms in total. The third-order valence-electron chi connectivity index (χ3n) is 4.29. The average Bonchev–Trinajstić information content (AvgIpc) is 2.97. The summed E-state index contributed by atoms with van der Waals surface area (Å²) in [6.45, 7) is 5.67. The number of nitrogens with zero attached hydrogens (tertiary/aromatic N) is 3. The van der Waals surface area contributed by atoms with Crippen molar-refractivity contribution in [3.8, 4) is 0 Å². The Morgan fingerprint density at radius 3 is 2.65 bits per heavy atom. The largest absolute Gasteiger partial charge is 0.372 e. The number of thioether (sulfide) groups is 1. The van der Waals surface area contributed by atoms with Crippen molar-refractivity contribution in [2.24, 2.45) is 0 Å². The highest BCUT2D eigenvalue weighted by Crippen LogP contribution is 2.17. The van der Waals surface area contributed by atoms with Gasteiger partial charge in [0.15, 0.2) is 5.16 Å². The van der Waals surface area contributed by atoms with Gasteiger partial charge in [-0.3, -0.25) is 9.36 Å². The number of benzene rings is 1. The van der Waals surface area contributed by atoms with Crippen molar-refractivity contribution in [1.82, 2.24) is 19.7 Å². The molecule has 0 bridgehead atoms. The van der Waals surface area contributed by atoms with Gasteiger partial charge in [-0.15, -0.1) is 5.10 Å². The highest BCUT2D eigenvalue weighted by Gasteiger charge is 2.26. The molecule has 0 saturated carbocycles. The molecule has 8 heteroatoms. The van der Waals surface area contributed by atoms with Crippen LogP contribution in [-0.4, -0.2) is 56.6 Å². The minimum Gasteiger partial charge on any atom is -0.372 e. The minimum absolute atomic E-state index is 0.0436. The number of ether oxygens (including phenoxy) is 1. The molecule has 2 heterocycles. The number of aromatic nitrogens is 3. The van der Waals surface area contributed by atoms with Crippen molar-refractivity contribution >= 4 is 17.7 Å². The molecule has 2 atom stereocenters. The Labute approximate surface area is 156 Å². The molecule has 140 valence electrons. The fourth-order valence-corrected chi connectivity index (χ4v) is 3.97. The number of hydrogen-bond acceptors (Lipinski definition) is 5. The number of carbonyl (C=O) groups excluding carboxylic acids is 1. The summed E-state index contributed by atoms with van der Waals surface area (Å²) in [5.41, 5.74) is 0.911. The van der Waals surface area contributed by atoms with Gasteiger partial charge in [-0.05, 0) is 25.8 Å². The van der Waals surface area contributed by atoms with Crippen molar-refractivity contribution in [3.63, 3.8) is 0 Å². The molecular weight excluding hydrogens is 352 g/mol. The minimum atomic E-state index is -0.246. The van der Waals surface area contributed by atoms with Gasteiger partial charge in [-0.25, -0.2) is 9.89 Å². The van der Waals surface area contributed by atoms with Gasteiger partial charge in [-0.1, -0.05) is 42.1 Å². The van der Waals surface area contributed by atoms with E-state index in [-0.39, 0.29) is 29.6 Å². The number of hydrogen-bond donors (Lipinski definition) is 1. The highest BCUT2D eigenvalue weighted by molar-refractivity contribution is 7.99. The van der Waals surface area contributed by atoms with Gasteiger partial charge in [0.2, 0.25) is 5.91 Å². The van der Waals surface area contributed by atoms with E-state index in [1.807, 2.05) is 49.1 Å².